The zero-order chi connectivity index (χ0) is 16.6. The standard InChI is InChI=1S/C16H13ClN2O4/c1-8-5-13(19-23-8)16(21)15-11(7-14(20)22-2)10-6-9(17)3-4-12(10)18-15/h3-6,18H,7H2,1-2H3. The van der Waals surface area contributed by atoms with Crippen LogP contribution in [0.15, 0.2) is 28.8 Å². The summed E-state index contributed by atoms with van der Waals surface area (Å²) in [7, 11) is 1.30. The van der Waals surface area contributed by atoms with Gasteiger partial charge in [0.15, 0.2) is 5.69 Å². The third-order valence-corrected chi connectivity index (χ3v) is 3.74. The first-order valence-corrected chi connectivity index (χ1v) is 7.22. The molecule has 0 aliphatic rings. The molecular weight excluding hydrogens is 320 g/mol. The molecule has 2 aromatic heterocycles. The Labute approximate surface area is 136 Å². The van der Waals surface area contributed by atoms with Crippen LogP contribution in [-0.2, 0) is 16.0 Å². The van der Waals surface area contributed by atoms with Crippen molar-refractivity contribution in [1.82, 2.24) is 10.1 Å². The number of benzene rings is 1. The molecule has 3 aromatic rings. The predicted octanol–water partition coefficient (Wildman–Crippen LogP) is 3.06. The third-order valence-electron chi connectivity index (χ3n) is 3.50. The molecule has 1 aromatic carbocycles. The van der Waals surface area contributed by atoms with Crippen molar-refractivity contribution in [2.24, 2.45) is 0 Å². The van der Waals surface area contributed by atoms with Crippen molar-refractivity contribution < 1.29 is 18.8 Å². The van der Waals surface area contributed by atoms with Gasteiger partial charge in [0.05, 0.1) is 19.2 Å². The van der Waals surface area contributed by atoms with Crippen LogP contribution in [0.25, 0.3) is 10.9 Å². The maximum Gasteiger partial charge on any atom is 0.310 e. The predicted molar refractivity (Wildman–Crippen MR) is 83.7 cm³/mol. The van der Waals surface area contributed by atoms with Gasteiger partial charge in [-0.15, -0.1) is 0 Å². The number of methoxy groups -OCH3 is 1. The van der Waals surface area contributed by atoms with Crippen molar-refractivity contribution in [2.45, 2.75) is 13.3 Å². The van der Waals surface area contributed by atoms with Gasteiger partial charge in [-0.2, -0.15) is 0 Å². The van der Waals surface area contributed by atoms with Crippen LogP contribution in [0.1, 0.15) is 27.5 Å². The number of ketones is 1. The van der Waals surface area contributed by atoms with E-state index in [1.54, 1.807) is 31.2 Å². The molecule has 1 N–H and O–H groups in total. The Kier molecular flexibility index (Phi) is 3.92. The van der Waals surface area contributed by atoms with Gasteiger partial charge in [0.2, 0.25) is 5.78 Å². The highest BCUT2D eigenvalue weighted by Crippen LogP contribution is 2.28. The largest absolute Gasteiger partial charge is 0.469 e. The molecular formula is C16H13ClN2O4. The van der Waals surface area contributed by atoms with Crippen LogP contribution in [0.4, 0.5) is 0 Å². The molecule has 7 heteroatoms. The number of carbonyl (C=O) groups excluding carboxylic acids is 2. The Bertz CT molecular complexity index is 910. The highest BCUT2D eigenvalue weighted by molar-refractivity contribution is 6.31. The summed E-state index contributed by atoms with van der Waals surface area (Å²) in [6, 6.07) is 6.71. The molecule has 0 aliphatic heterocycles. The SMILES string of the molecule is COC(=O)Cc1c(C(=O)c2cc(C)on2)[nH]c2ccc(Cl)cc12. The molecule has 0 saturated carbocycles. The Morgan fingerprint density at radius 3 is 2.78 bits per heavy atom. The van der Waals surface area contributed by atoms with Gasteiger partial charge in [-0.05, 0) is 25.1 Å². The molecule has 0 atom stereocenters. The molecule has 0 spiro atoms. The maximum atomic E-state index is 12.7. The van der Waals surface area contributed by atoms with Crippen molar-refractivity contribution >= 4 is 34.3 Å². The van der Waals surface area contributed by atoms with Crippen LogP contribution in [0.3, 0.4) is 0 Å². The van der Waals surface area contributed by atoms with E-state index < -0.39 is 5.97 Å². The first kappa shape index (κ1) is 15.3. The molecule has 0 aliphatic carbocycles. The summed E-state index contributed by atoms with van der Waals surface area (Å²) in [6.45, 7) is 1.70. The molecule has 0 bridgehead atoms. The van der Waals surface area contributed by atoms with Crippen LogP contribution < -0.4 is 0 Å². The second kappa shape index (κ2) is 5.89. The fraction of sp³-hybridized carbons (Fsp3) is 0.188. The highest BCUT2D eigenvalue weighted by atomic mass is 35.5. The summed E-state index contributed by atoms with van der Waals surface area (Å²) < 4.78 is 9.66. The van der Waals surface area contributed by atoms with E-state index in [0.717, 1.165) is 0 Å². The molecule has 3 rings (SSSR count). The lowest BCUT2D eigenvalue weighted by Gasteiger charge is -2.02. The normalized spacial score (nSPS) is 10.9. The summed E-state index contributed by atoms with van der Waals surface area (Å²) >= 11 is 6.03. The minimum absolute atomic E-state index is 0.0469. The monoisotopic (exact) mass is 332 g/mol. The molecule has 0 amide bonds. The Hall–Kier alpha value is -2.60. The number of hydrogen-bond acceptors (Lipinski definition) is 5. The number of halogens is 1. The van der Waals surface area contributed by atoms with Crippen LogP contribution in [0.5, 0.6) is 0 Å². The van der Waals surface area contributed by atoms with Crippen LogP contribution >= 0.6 is 11.6 Å². The van der Waals surface area contributed by atoms with Gasteiger partial charge in [-0.3, -0.25) is 9.59 Å². The number of esters is 1. The van der Waals surface area contributed by atoms with Gasteiger partial charge in [0.25, 0.3) is 0 Å². The number of aromatic amines is 1. The Balaban J connectivity index is 2.16. The lowest BCUT2D eigenvalue weighted by molar-refractivity contribution is -0.139. The van der Waals surface area contributed by atoms with Crippen molar-refractivity contribution in [3.8, 4) is 0 Å². The van der Waals surface area contributed by atoms with Crippen LogP contribution in [-0.4, -0.2) is 29.0 Å². The number of aryl methyl sites for hydroxylation is 1. The van der Waals surface area contributed by atoms with Gasteiger partial charge < -0.3 is 14.2 Å². The quantitative estimate of drug-likeness (QED) is 0.586. The van der Waals surface area contributed by atoms with E-state index in [-0.39, 0.29) is 23.6 Å². The maximum absolute atomic E-state index is 12.7. The minimum Gasteiger partial charge on any atom is -0.469 e. The van der Waals surface area contributed by atoms with E-state index in [1.807, 2.05) is 0 Å². The van der Waals surface area contributed by atoms with Gasteiger partial charge in [0.1, 0.15) is 5.76 Å². The molecule has 0 unspecified atom stereocenters. The molecule has 23 heavy (non-hydrogen) atoms. The average molecular weight is 333 g/mol. The number of rotatable bonds is 4. The number of carbonyl (C=O) groups is 2. The van der Waals surface area contributed by atoms with E-state index in [4.69, 9.17) is 20.9 Å². The fourth-order valence-electron chi connectivity index (χ4n) is 2.42. The number of H-pyrrole nitrogens is 1. The number of hydrogen-bond donors (Lipinski definition) is 1. The summed E-state index contributed by atoms with van der Waals surface area (Å²) in [5, 5.41) is 4.95. The molecule has 0 saturated heterocycles. The first-order valence-electron chi connectivity index (χ1n) is 6.84. The Morgan fingerprint density at radius 2 is 2.13 bits per heavy atom. The second-order valence-corrected chi connectivity index (χ2v) is 5.51. The summed E-state index contributed by atoms with van der Waals surface area (Å²) in [6.07, 6.45) is -0.0469. The van der Waals surface area contributed by atoms with Crippen molar-refractivity contribution in [2.75, 3.05) is 7.11 Å². The smallest absolute Gasteiger partial charge is 0.310 e. The lowest BCUT2D eigenvalue weighted by Crippen LogP contribution is -2.10. The average Bonchev–Trinajstić information content (AvgIpc) is 3.11. The summed E-state index contributed by atoms with van der Waals surface area (Å²) in [5.41, 5.74) is 1.68. The van der Waals surface area contributed by atoms with Crippen LogP contribution in [0.2, 0.25) is 5.02 Å². The van der Waals surface area contributed by atoms with Crippen molar-refractivity contribution in [3.05, 3.63) is 52.0 Å². The second-order valence-electron chi connectivity index (χ2n) is 5.07. The van der Waals surface area contributed by atoms with Gasteiger partial charge in [-0.25, -0.2) is 0 Å². The molecule has 0 fully saturated rings. The zero-order valence-corrected chi connectivity index (χ0v) is 13.2. The molecule has 0 radical (unpaired) electrons. The number of nitrogens with one attached hydrogen (secondary N) is 1. The summed E-state index contributed by atoms with van der Waals surface area (Å²) in [5.74, 6) is -0.272. The molecule has 118 valence electrons. The van der Waals surface area contributed by atoms with Crippen molar-refractivity contribution in [1.29, 1.82) is 0 Å². The van der Waals surface area contributed by atoms with E-state index >= 15 is 0 Å². The van der Waals surface area contributed by atoms with Gasteiger partial charge in [0, 0.05) is 27.6 Å². The van der Waals surface area contributed by atoms with Crippen LogP contribution in [0, 0.1) is 6.92 Å². The molecule has 2 heterocycles. The van der Waals surface area contributed by atoms with E-state index in [0.29, 0.717) is 27.2 Å². The fourth-order valence-corrected chi connectivity index (χ4v) is 2.59. The van der Waals surface area contributed by atoms with E-state index in [2.05, 4.69) is 10.1 Å². The number of ether oxygens (including phenoxy) is 1. The van der Waals surface area contributed by atoms with E-state index in [1.165, 1.54) is 7.11 Å². The Morgan fingerprint density at radius 1 is 1.35 bits per heavy atom. The minimum atomic E-state index is -0.448. The lowest BCUT2D eigenvalue weighted by atomic mass is 10.0. The van der Waals surface area contributed by atoms with Crippen molar-refractivity contribution in [3.63, 3.8) is 0 Å². The van der Waals surface area contributed by atoms with Gasteiger partial charge in [-0.1, -0.05) is 16.8 Å². The zero-order valence-electron chi connectivity index (χ0n) is 12.5. The number of nitrogens with zero attached hydrogens (tertiary/aromatic N) is 1. The number of fused-ring (bicyclic) bond motifs is 1. The third kappa shape index (κ3) is 2.85. The topological polar surface area (TPSA) is 85.2 Å². The van der Waals surface area contributed by atoms with E-state index in [9.17, 15) is 9.59 Å². The summed E-state index contributed by atoms with van der Waals surface area (Å²) in [4.78, 5) is 27.4. The highest BCUT2D eigenvalue weighted by Gasteiger charge is 2.23. The van der Waals surface area contributed by atoms with Gasteiger partial charge >= 0.3 is 5.97 Å². The molecule has 6 nitrogen and oxygen atoms in total. The first-order chi connectivity index (χ1) is 11.0. The number of aromatic nitrogens is 2.